The quantitative estimate of drug-likeness (QED) is 0.555. The van der Waals surface area contributed by atoms with Gasteiger partial charge in [0.2, 0.25) is 0 Å². The first-order valence-electron chi connectivity index (χ1n) is 6.71. The molecule has 100 valence electrons. The minimum atomic E-state index is -0.614. The zero-order valence-corrected chi connectivity index (χ0v) is 11.2. The molecule has 0 aromatic heterocycles. The van der Waals surface area contributed by atoms with Gasteiger partial charge in [0.05, 0.1) is 6.61 Å². The van der Waals surface area contributed by atoms with Crippen LogP contribution in [-0.2, 0) is 18.9 Å². The fourth-order valence-corrected chi connectivity index (χ4v) is 2.76. The number of rotatable bonds is 2. The van der Waals surface area contributed by atoms with Crippen molar-refractivity contribution >= 4 is 0 Å². The molecule has 0 aromatic carbocycles. The minimum Gasteiger partial charge on any atom is -0.346 e. The third kappa shape index (κ3) is 1.86. The first kappa shape index (κ1) is 12.4. The van der Waals surface area contributed by atoms with Crippen molar-refractivity contribution in [2.45, 2.75) is 69.9 Å². The predicted octanol–water partition coefficient (Wildman–Crippen LogP) is 1.83. The molecule has 3 heterocycles. The Balaban J connectivity index is 1.77. The van der Waals surface area contributed by atoms with Gasteiger partial charge in [-0.15, -0.1) is 5.92 Å². The van der Waals surface area contributed by atoms with Crippen LogP contribution >= 0.6 is 0 Å². The average molecular weight is 252 g/mol. The fraction of sp³-hybridized carbons (Fsp3) is 0.857. The van der Waals surface area contributed by atoms with Crippen LogP contribution in [0.25, 0.3) is 0 Å². The highest BCUT2D eigenvalue weighted by Gasteiger charge is 2.67. The van der Waals surface area contributed by atoms with Gasteiger partial charge in [0.15, 0.2) is 17.7 Å². The molecule has 3 rings (SSSR count). The van der Waals surface area contributed by atoms with Crippen molar-refractivity contribution in [2.75, 3.05) is 6.61 Å². The summed E-state index contributed by atoms with van der Waals surface area (Å²) in [5.41, 5.74) is -0.614. The fourth-order valence-electron chi connectivity index (χ4n) is 2.76. The molecule has 18 heavy (non-hydrogen) atoms. The first-order valence-corrected chi connectivity index (χ1v) is 6.71. The third-order valence-corrected chi connectivity index (χ3v) is 3.60. The van der Waals surface area contributed by atoms with Crippen molar-refractivity contribution in [3.63, 3.8) is 0 Å². The van der Waals surface area contributed by atoms with Gasteiger partial charge in [-0.1, -0.05) is 19.3 Å². The number of hydrogen-bond acceptors (Lipinski definition) is 4. The summed E-state index contributed by atoms with van der Waals surface area (Å²) in [5.74, 6) is 5.86. The summed E-state index contributed by atoms with van der Waals surface area (Å²) >= 11 is 0. The maximum Gasteiger partial charge on any atom is 0.188 e. The molecule has 3 fully saturated rings. The highest BCUT2D eigenvalue weighted by Crippen LogP contribution is 2.48. The summed E-state index contributed by atoms with van der Waals surface area (Å²) in [5, 5.41) is 0. The first-order chi connectivity index (χ1) is 8.56. The Bertz CT molecular complexity index is 394. The highest BCUT2D eigenvalue weighted by molar-refractivity contribution is 5.26. The molecule has 3 aliphatic heterocycles. The van der Waals surface area contributed by atoms with Gasteiger partial charge in [0, 0.05) is 6.42 Å². The number of ether oxygens (including phenoxy) is 4. The maximum atomic E-state index is 5.94. The van der Waals surface area contributed by atoms with Crippen molar-refractivity contribution in [1.82, 2.24) is 0 Å². The molecule has 0 N–H and O–H groups in total. The molecule has 2 unspecified atom stereocenters. The zero-order chi connectivity index (χ0) is 12.8. The van der Waals surface area contributed by atoms with Gasteiger partial charge in [-0.05, 0) is 20.3 Å². The summed E-state index contributed by atoms with van der Waals surface area (Å²) in [7, 11) is 0. The summed E-state index contributed by atoms with van der Waals surface area (Å²) in [6, 6.07) is 0. The molecule has 0 spiro atoms. The second-order valence-corrected chi connectivity index (χ2v) is 5.61. The van der Waals surface area contributed by atoms with E-state index in [0.29, 0.717) is 6.61 Å². The molecule has 4 nitrogen and oxygen atoms in total. The lowest BCUT2D eigenvalue weighted by molar-refractivity contribution is -0.198. The van der Waals surface area contributed by atoms with Crippen LogP contribution in [0.3, 0.4) is 0 Å². The monoisotopic (exact) mass is 252 g/mol. The molecule has 3 saturated heterocycles. The van der Waals surface area contributed by atoms with Crippen molar-refractivity contribution in [3.05, 3.63) is 0 Å². The Morgan fingerprint density at radius 2 is 2.06 bits per heavy atom. The second kappa shape index (κ2) is 4.21. The van der Waals surface area contributed by atoms with Crippen molar-refractivity contribution < 1.29 is 18.9 Å². The maximum absolute atomic E-state index is 5.94. The van der Waals surface area contributed by atoms with Crippen molar-refractivity contribution in [1.29, 1.82) is 0 Å². The second-order valence-electron chi connectivity index (χ2n) is 5.61. The minimum absolute atomic E-state index is 0.125. The summed E-state index contributed by atoms with van der Waals surface area (Å²) in [6.45, 7) is 6.48. The number of hydrogen-bond donors (Lipinski definition) is 0. The van der Waals surface area contributed by atoms with E-state index in [4.69, 9.17) is 18.9 Å². The summed E-state index contributed by atoms with van der Waals surface area (Å²) in [6.07, 6.45) is 2.57. The normalized spacial score (nSPS) is 43.6. The highest BCUT2D eigenvalue weighted by atomic mass is 16.8. The van der Waals surface area contributed by atoms with Crippen LogP contribution in [-0.4, -0.2) is 36.5 Å². The SMILES string of the molecule is CCCCC#C[C@]12CO[C@H](O1)C1OC(C)(C)OC12. The Morgan fingerprint density at radius 3 is 2.83 bits per heavy atom. The molecule has 0 aliphatic carbocycles. The molecule has 4 heteroatoms. The Labute approximate surface area is 108 Å². The standard InChI is InChI=1S/C14H20O4/c1-4-5-6-7-8-14-9-15-12(18-14)10-11(14)17-13(2,3)16-10/h10-12H,4-6,9H2,1-3H3/t10?,11?,12-,14-/m1/s1. The van der Waals surface area contributed by atoms with E-state index >= 15 is 0 Å². The Morgan fingerprint density at radius 1 is 1.22 bits per heavy atom. The van der Waals surface area contributed by atoms with Crippen LogP contribution in [0, 0.1) is 11.8 Å². The number of fused-ring (bicyclic) bond motifs is 5. The van der Waals surface area contributed by atoms with E-state index in [-0.39, 0.29) is 18.5 Å². The van der Waals surface area contributed by atoms with E-state index < -0.39 is 11.4 Å². The summed E-state index contributed by atoms with van der Waals surface area (Å²) in [4.78, 5) is 0. The topological polar surface area (TPSA) is 36.9 Å². The van der Waals surface area contributed by atoms with Gasteiger partial charge in [-0.3, -0.25) is 0 Å². The Kier molecular flexibility index (Phi) is 2.91. The lowest BCUT2D eigenvalue weighted by atomic mass is 9.95. The van der Waals surface area contributed by atoms with E-state index in [1.165, 1.54) is 0 Å². The molecule has 0 amide bonds. The zero-order valence-electron chi connectivity index (χ0n) is 11.2. The molecule has 3 aliphatic rings. The van der Waals surface area contributed by atoms with Crippen LogP contribution in [0.5, 0.6) is 0 Å². The largest absolute Gasteiger partial charge is 0.346 e. The van der Waals surface area contributed by atoms with Gasteiger partial charge in [0.1, 0.15) is 12.2 Å². The van der Waals surface area contributed by atoms with E-state index in [9.17, 15) is 0 Å². The molecular weight excluding hydrogens is 232 g/mol. The van der Waals surface area contributed by atoms with E-state index in [2.05, 4.69) is 18.8 Å². The third-order valence-electron chi connectivity index (χ3n) is 3.60. The van der Waals surface area contributed by atoms with Gasteiger partial charge >= 0.3 is 0 Å². The smallest absolute Gasteiger partial charge is 0.188 e. The molecule has 2 bridgehead atoms. The van der Waals surface area contributed by atoms with E-state index in [1.807, 2.05) is 13.8 Å². The molecule has 0 aromatic rings. The Hall–Kier alpha value is -0.600. The van der Waals surface area contributed by atoms with Crippen molar-refractivity contribution in [3.8, 4) is 11.8 Å². The van der Waals surface area contributed by atoms with E-state index in [0.717, 1.165) is 19.3 Å². The molecule has 0 saturated carbocycles. The number of unbranched alkanes of at least 4 members (excludes halogenated alkanes) is 2. The van der Waals surface area contributed by atoms with Crippen LogP contribution in [0.1, 0.15) is 40.0 Å². The van der Waals surface area contributed by atoms with Crippen molar-refractivity contribution in [2.24, 2.45) is 0 Å². The molecule has 0 radical (unpaired) electrons. The van der Waals surface area contributed by atoms with Crippen LogP contribution in [0.2, 0.25) is 0 Å². The van der Waals surface area contributed by atoms with Gasteiger partial charge in [-0.2, -0.15) is 0 Å². The van der Waals surface area contributed by atoms with Crippen LogP contribution in [0.4, 0.5) is 0 Å². The van der Waals surface area contributed by atoms with E-state index in [1.54, 1.807) is 0 Å². The van der Waals surface area contributed by atoms with Gasteiger partial charge in [0.25, 0.3) is 0 Å². The lowest BCUT2D eigenvalue weighted by Crippen LogP contribution is -2.47. The molecule has 4 atom stereocenters. The predicted molar refractivity (Wildman–Crippen MR) is 64.7 cm³/mol. The molecular formula is C14H20O4. The van der Waals surface area contributed by atoms with Gasteiger partial charge in [-0.25, -0.2) is 0 Å². The van der Waals surface area contributed by atoms with Gasteiger partial charge < -0.3 is 18.9 Å². The van der Waals surface area contributed by atoms with Crippen LogP contribution in [0.15, 0.2) is 0 Å². The lowest BCUT2D eigenvalue weighted by Gasteiger charge is -2.25. The summed E-state index contributed by atoms with van der Waals surface area (Å²) < 4.78 is 23.2. The average Bonchev–Trinajstić information content (AvgIpc) is 2.93. The van der Waals surface area contributed by atoms with Crippen LogP contribution < -0.4 is 0 Å².